The molecule has 0 saturated carbocycles. The number of benzene rings is 1. The van der Waals surface area contributed by atoms with Gasteiger partial charge in [-0.1, -0.05) is 18.2 Å². The highest BCUT2D eigenvalue weighted by molar-refractivity contribution is 5.75. The minimum atomic E-state index is -4.23. The molecule has 0 aliphatic carbocycles. The van der Waals surface area contributed by atoms with E-state index in [2.05, 4.69) is 0 Å². The molecule has 1 nitrogen and oxygen atoms in total. The van der Waals surface area contributed by atoms with Crippen LogP contribution in [0, 0.1) is 0 Å². The van der Waals surface area contributed by atoms with E-state index in [1.54, 1.807) is 0 Å². The van der Waals surface area contributed by atoms with Crippen molar-refractivity contribution in [1.29, 1.82) is 0 Å². The predicted molar refractivity (Wildman–Crippen MR) is 41.0 cm³/mol. The number of alkyl halides is 3. The van der Waals surface area contributed by atoms with Crippen molar-refractivity contribution in [2.75, 3.05) is 0 Å². The van der Waals surface area contributed by atoms with E-state index in [4.69, 9.17) is 0 Å². The van der Waals surface area contributed by atoms with Crippen molar-refractivity contribution < 1.29 is 18.0 Å². The predicted octanol–water partition coefficient (Wildman–Crippen LogP) is 2.25. The van der Waals surface area contributed by atoms with Gasteiger partial charge in [-0.05, 0) is 11.6 Å². The Hall–Kier alpha value is -1.32. The number of hydrogen-bond donors (Lipinski definition) is 0. The lowest BCUT2D eigenvalue weighted by Crippen LogP contribution is -2.11. The maximum absolute atomic E-state index is 11.9. The molecule has 0 unspecified atom stereocenters. The fourth-order valence-corrected chi connectivity index (χ4v) is 0.976. The van der Waals surface area contributed by atoms with Gasteiger partial charge in [0.1, 0.15) is 0 Å². The molecule has 0 bridgehead atoms. The molecule has 0 aromatic heterocycles. The van der Waals surface area contributed by atoms with Gasteiger partial charge in [-0.3, -0.25) is 4.79 Å². The van der Waals surface area contributed by atoms with E-state index in [9.17, 15) is 18.0 Å². The molecule has 0 amide bonds. The molecule has 0 fully saturated rings. The fourth-order valence-electron chi connectivity index (χ4n) is 0.976. The third kappa shape index (κ3) is 3.27. The average Bonchev–Trinajstić information content (AvgIpc) is 2.01. The standard InChI is InChI=1S/C9H6F3O/c10-9(11,12)5-7-2-1-3-8(4-7)6-13/h1-4H,5H2. The SMILES string of the molecule is O=[C]c1cccc(CC(F)(F)F)c1. The first-order valence-electron chi connectivity index (χ1n) is 3.55. The van der Waals surface area contributed by atoms with Crippen molar-refractivity contribution in [2.45, 2.75) is 12.6 Å². The van der Waals surface area contributed by atoms with E-state index in [0.717, 1.165) is 0 Å². The van der Waals surface area contributed by atoms with Crippen molar-refractivity contribution in [3.8, 4) is 0 Å². The van der Waals surface area contributed by atoms with E-state index in [1.807, 2.05) is 0 Å². The van der Waals surface area contributed by atoms with Gasteiger partial charge in [-0.25, -0.2) is 0 Å². The molecule has 4 heteroatoms. The molecule has 1 aromatic rings. The van der Waals surface area contributed by atoms with Crippen molar-refractivity contribution >= 4 is 6.29 Å². The van der Waals surface area contributed by atoms with E-state index in [0.29, 0.717) is 0 Å². The number of carbonyl (C=O) groups excluding carboxylic acids is 1. The zero-order valence-corrected chi connectivity index (χ0v) is 6.56. The second-order valence-corrected chi connectivity index (χ2v) is 2.59. The Labute approximate surface area is 73.2 Å². The van der Waals surface area contributed by atoms with Gasteiger partial charge in [0.15, 0.2) is 0 Å². The molecule has 13 heavy (non-hydrogen) atoms. The molecule has 0 atom stereocenters. The number of hydrogen-bond acceptors (Lipinski definition) is 1. The number of halogens is 3. The Morgan fingerprint density at radius 3 is 2.54 bits per heavy atom. The first-order valence-corrected chi connectivity index (χ1v) is 3.55. The normalized spacial score (nSPS) is 11.3. The van der Waals surface area contributed by atoms with Gasteiger partial charge in [0.25, 0.3) is 0 Å². The van der Waals surface area contributed by atoms with Gasteiger partial charge in [0, 0.05) is 5.56 Å². The van der Waals surface area contributed by atoms with Gasteiger partial charge in [0.05, 0.1) is 6.42 Å². The zero-order chi connectivity index (χ0) is 9.90. The van der Waals surface area contributed by atoms with Crippen molar-refractivity contribution in [2.24, 2.45) is 0 Å². The van der Waals surface area contributed by atoms with Crippen molar-refractivity contribution in [3.05, 3.63) is 35.4 Å². The van der Waals surface area contributed by atoms with Crippen LogP contribution in [0.25, 0.3) is 0 Å². The highest BCUT2D eigenvalue weighted by Gasteiger charge is 2.27. The highest BCUT2D eigenvalue weighted by atomic mass is 19.4. The van der Waals surface area contributed by atoms with Crippen LogP contribution in [0.1, 0.15) is 11.1 Å². The molecule has 1 rings (SSSR count). The summed E-state index contributed by atoms with van der Waals surface area (Å²) in [5.74, 6) is 0. The van der Waals surface area contributed by atoms with Crippen LogP contribution in [0.5, 0.6) is 0 Å². The molecule has 0 aliphatic heterocycles. The van der Waals surface area contributed by atoms with Crippen molar-refractivity contribution in [1.82, 2.24) is 0 Å². The van der Waals surface area contributed by atoms with E-state index in [1.165, 1.54) is 30.6 Å². The summed E-state index contributed by atoms with van der Waals surface area (Å²) >= 11 is 0. The molecular formula is C9H6F3O. The van der Waals surface area contributed by atoms with Crippen LogP contribution < -0.4 is 0 Å². The van der Waals surface area contributed by atoms with Gasteiger partial charge >= 0.3 is 6.18 Å². The molecule has 0 spiro atoms. The lowest BCUT2D eigenvalue weighted by Gasteiger charge is -2.05. The fraction of sp³-hybridized carbons (Fsp3) is 0.222. The third-order valence-corrected chi connectivity index (χ3v) is 1.45. The van der Waals surface area contributed by atoms with Gasteiger partial charge in [-0.15, -0.1) is 0 Å². The molecule has 0 heterocycles. The first kappa shape index (κ1) is 9.77. The molecule has 69 valence electrons. The van der Waals surface area contributed by atoms with Crippen LogP contribution in [-0.2, 0) is 11.2 Å². The number of rotatable bonds is 2. The Kier molecular flexibility index (Phi) is 2.70. The van der Waals surface area contributed by atoms with E-state index < -0.39 is 12.6 Å². The smallest absolute Gasteiger partial charge is 0.285 e. The second-order valence-electron chi connectivity index (χ2n) is 2.59. The third-order valence-electron chi connectivity index (χ3n) is 1.45. The van der Waals surface area contributed by atoms with Crippen LogP contribution in [0.2, 0.25) is 0 Å². The summed E-state index contributed by atoms with van der Waals surface area (Å²) < 4.78 is 35.6. The lowest BCUT2D eigenvalue weighted by atomic mass is 10.1. The summed E-state index contributed by atoms with van der Waals surface area (Å²) in [7, 11) is 0. The summed E-state index contributed by atoms with van der Waals surface area (Å²) in [5, 5.41) is 0. The van der Waals surface area contributed by atoms with Gasteiger partial charge in [-0.2, -0.15) is 13.2 Å². The Bertz CT molecular complexity index is 304. The second kappa shape index (κ2) is 3.60. The molecule has 1 radical (unpaired) electrons. The van der Waals surface area contributed by atoms with Crippen molar-refractivity contribution in [3.63, 3.8) is 0 Å². The average molecular weight is 187 g/mol. The summed E-state index contributed by atoms with van der Waals surface area (Å²) in [6.45, 7) is 0. The zero-order valence-electron chi connectivity index (χ0n) is 6.56. The summed E-state index contributed by atoms with van der Waals surface area (Å²) in [6.07, 6.45) is -3.71. The Morgan fingerprint density at radius 1 is 1.31 bits per heavy atom. The monoisotopic (exact) mass is 187 g/mol. The lowest BCUT2D eigenvalue weighted by molar-refractivity contribution is -0.127. The molecule has 1 aromatic carbocycles. The maximum Gasteiger partial charge on any atom is 0.393 e. The van der Waals surface area contributed by atoms with E-state index >= 15 is 0 Å². The van der Waals surface area contributed by atoms with Gasteiger partial charge in [0.2, 0.25) is 6.29 Å². The summed E-state index contributed by atoms with van der Waals surface area (Å²) in [6, 6.07) is 5.32. The Balaban J connectivity index is 2.84. The Morgan fingerprint density at radius 2 is 2.00 bits per heavy atom. The summed E-state index contributed by atoms with van der Waals surface area (Å²) in [5.41, 5.74) is 0.218. The van der Waals surface area contributed by atoms with Crippen LogP contribution in [-0.4, -0.2) is 12.5 Å². The molecule has 0 saturated heterocycles. The topological polar surface area (TPSA) is 17.1 Å². The largest absolute Gasteiger partial charge is 0.393 e. The molecule has 0 N–H and O–H groups in total. The van der Waals surface area contributed by atoms with Crippen LogP contribution in [0.15, 0.2) is 24.3 Å². The minimum Gasteiger partial charge on any atom is -0.285 e. The van der Waals surface area contributed by atoms with E-state index in [-0.39, 0.29) is 11.1 Å². The van der Waals surface area contributed by atoms with Crippen LogP contribution in [0.4, 0.5) is 13.2 Å². The molecule has 0 aliphatic rings. The quantitative estimate of drug-likeness (QED) is 0.693. The highest BCUT2D eigenvalue weighted by Crippen LogP contribution is 2.21. The van der Waals surface area contributed by atoms with Crippen LogP contribution >= 0.6 is 0 Å². The summed E-state index contributed by atoms with van der Waals surface area (Å²) in [4.78, 5) is 10.1. The van der Waals surface area contributed by atoms with Gasteiger partial charge < -0.3 is 0 Å². The first-order chi connectivity index (χ1) is 6.01. The molecular weight excluding hydrogens is 181 g/mol. The van der Waals surface area contributed by atoms with Crippen LogP contribution in [0.3, 0.4) is 0 Å². The minimum absolute atomic E-state index is 0.0772. The maximum atomic E-state index is 11.9.